The van der Waals surface area contributed by atoms with Crippen LogP contribution in [-0.4, -0.2) is 24.2 Å². The summed E-state index contributed by atoms with van der Waals surface area (Å²) in [5.74, 6) is 0.598. The molecule has 3 rings (SSSR count). The van der Waals surface area contributed by atoms with Crippen molar-refractivity contribution in [3.05, 3.63) is 65.2 Å². The molecule has 2 unspecified atom stereocenters. The van der Waals surface area contributed by atoms with E-state index >= 15 is 0 Å². The Morgan fingerprint density at radius 3 is 2.59 bits per heavy atom. The van der Waals surface area contributed by atoms with Gasteiger partial charge in [-0.05, 0) is 54.8 Å². The molecule has 0 saturated carbocycles. The van der Waals surface area contributed by atoms with E-state index in [0.29, 0.717) is 12.0 Å². The van der Waals surface area contributed by atoms with E-state index in [4.69, 9.17) is 0 Å². The number of thioether (sulfide) groups is 1. The minimum Gasteiger partial charge on any atom is -0.299 e. The summed E-state index contributed by atoms with van der Waals surface area (Å²) in [6, 6.07) is 18.2. The van der Waals surface area contributed by atoms with E-state index in [1.807, 2.05) is 11.8 Å². The molecule has 2 aromatic carbocycles. The first-order chi connectivity index (χ1) is 10.7. The van der Waals surface area contributed by atoms with Crippen molar-refractivity contribution in [2.24, 2.45) is 0 Å². The summed E-state index contributed by atoms with van der Waals surface area (Å²) in [4.78, 5) is 4.00. The second kappa shape index (κ2) is 6.89. The smallest absolute Gasteiger partial charge is 0.0233 e. The lowest BCUT2D eigenvalue weighted by Crippen LogP contribution is -2.38. The number of likely N-dealkylation sites (N-methyl/N-ethyl adjacent to an activating group) is 1. The van der Waals surface area contributed by atoms with Crippen LogP contribution in [0.2, 0.25) is 0 Å². The van der Waals surface area contributed by atoms with Gasteiger partial charge < -0.3 is 0 Å². The van der Waals surface area contributed by atoms with Crippen molar-refractivity contribution in [3.8, 4) is 0 Å². The molecule has 2 atom stereocenters. The standard InChI is InChI=1S/C20H25NS/c1-15-18(21(2)14-16-8-5-4-6-9-16)13-12-17-10-7-11-19(22-3)20(15)17/h4-11,15,18H,12-14H2,1-3H3. The Labute approximate surface area is 138 Å². The normalized spacial score (nSPS) is 20.9. The van der Waals surface area contributed by atoms with Gasteiger partial charge in [-0.2, -0.15) is 0 Å². The number of hydrogen-bond donors (Lipinski definition) is 0. The van der Waals surface area contributed by atoms with Crippen molar-refractivity contribution in [1.82, 2.24) is 4.90 Å². The Hall–Kier alpha value is -1.25. The van der Waals surface area contributed by atoms with Crippen LogP contribution in [0.3, 0.4) is 0 Å². The summed E-state index contributed by atoms with van der Waals surface area (Å²) < 4.78 is 0. The van der Waals surface area contributed by atoms with Crippen molar-refractivity contribution in [1.29, 1.82) is 0 Å². The first-order valence-corrected chi connectivity index (χ1v) is 9.33. The molecule has 2 heteroatoms. The number of hydrogen-bond acceptors (Lipinski definition) is 2. The first-order valence-electron chi connectivity index (χ1n) is 8.10. The van der Waals surface area contributed by atoms with Crippen LogP contribution in [0.15, 0.2) is 53.4 Å². The fraction of sp³-hybridized carbons (Fsp3) is 0.400. The molecular weight excluding hydrogens is 286 g/mol. The lowest BCUT2D eigenvalue weighted by Gasteiger charge is -2.38. The molecule has 116 valence electrons. The molecular formula is C20H25NS. The zero-order valence-corrected chi connectivity index (χ0v) is 14.6. The molecule has 0 amide bonds. The minimum absolute atomic E-state index is 0.598. The topological polar surface area (TPSA) is 3.24 Å². The van der Waals surface area contributed by atoms with Crippen LogP contribution < -0.4 is 0 Å². The second-order valence-electron chi connectivity index (χ2n) is 6.33. The molecule has 0 N–H and O–H groups in total. The van der Waals surface area contributed by atoms with Gasteiger partial charge in [-0.15, -0.1) is 11.8 Å². The third-order valence-electron chi connectivity index (χ3n) is 4.96. The Balaban J connectivity index is 1.81. The monoisotopic (exact) mass is 311 g/mol. The molecule has 0 saturated heterocycles. The molecule has 22 heavy (non-hydrogen) atoms. The van der Waals surface area contributed by atoms with Crippen LogP contribution >= 0.6 is 11.8 Å². The Kier molecular flexibility index (Phi) is 4.90. The van der Waals surface area contributed by atoms with Gasteiger partial charge >= 0.3 is 0 Å². The molecule has 0 aliphatic heterocycles. The summed E-state index contributed by atoms with van der Waals surface area (Å²) >= 11 is 1.89. The van der Waals surface area contributed by atoms with E-state index in [0.717, 1.165) is 6.54 Å². The summed E-state index contributed by atoms with van der Waals surface area (Å²) in [5, 5.41) is 0. The molecule has 1 aliphatic carbocycles. The van der Waals surface area contributed by atoms with Crippen LogP contribution in [0.1, 0.15) is 36.0 Å². The highest BCUT2D eigenvalue weighted by molar-refractivity contribution is 7.98. The maximum Gasteiger partial charge on any atom is 0.0233 e. The van der Waals surface area contributed by atoms with E-state index in [1.54, 1.807) is 11.1 Å². The van der Waals surface area contributed by atoms with Gasteiger partial charge in [-0.3, -0.25) is 4.90 Å². The van der Waals surface area contributed by atoms with E-state index in [9.17, 15) is 0 Å². The molecule has 1 aliphatic rings. The summed E-state index contributed by atoms with van der Waals surface area (Å²) in [6.45, 7) is 3.44. The highest BCUT2D eigenvalue weighted by atomic mass is 32.2. The van der Waals surface area contributed by atoms with Crippen LogP contribution in [-0.2, 0) is 13.0 Å². The fourth-order valence-electron chi connectivity index (χ4n) is 3.84. The largest absolute Gasteiger partial charge is 0.299 e. The summed E-state index contributed by atoms with van der Waals surface area (Å²) in [5.41, 5.74) is 4.55. The van der Waals surface area contributed by atoms with E-state index in [1.165, 1.54) is 23.3 Å². The van der Waals surface area contributed by atoms with Crippen molar-refractivity contribution < 1.29 is 0 Å². The third kappa shape index (κ3) is 3.09. The van der Waals surface area contributed by atoms with Gasteiger partial charge in [0.2, 0.25) is 0 Å². The number of benzene rings is 2. The lowest BCUT2D eigenvalue weighted by molar-refractivity contribution is 0.187. The number of rotatable bonds is 4. The molecule has 0 aromatic heterocycles. The fourth-order valence-corrected chi connectivity index (χ4v) is 4.59. The number of aryl methyl sites for hydroxylation is 1. The van der Waals surface area contributed by atoms with Crippen molar-refractivity contribution in [3.63, 3.8) is 0 Å². The van der Waals surface area contributed by atoms with Crippen molar-refractivity contribution >= 4 is 11.8 Å². The van der Waals surface area contributed by atoms with Gasteiger partial charge in [0.1, 0.15) is 0 Å². The van der Waals surface area contributed by atoms with Gasteiger partial charge in [-0.1, -0.05) is 49.4 Å². The predicted octanol–water partition coefficient (Wildman–Crippen LogP) is 4.96. The van der Waals surface area contributed by atoms with Crippen LogP contribution in [0, 0.1) is 0 Å². The average molecular weight is 311 g/mol. The van der Waals surface area contributed by atoms with E-state index < -0.39 is 0 Å². The van der Waals surface area contributed by atoms with Gasteiger partial charge in [0.05, 0.1) is 0 Å². The Morgan fingerprint density at radius 2 is 1.86 bits per heavy atom. The molecule has 0 bridgehead atoms. The van der Waals surface area contributed by atoms with Crippen molar-refractivity contribution in [2.75, 3.05) is 13.3 Å². The maximum atomic E-state index is 2.54. The predicted molar refractivity (Wildman–Crippen MR) is 96.7 cm³/mol. The third-order valence-corrected chi connectivity index (χ3v) is 5.76. The van der Waals surface area contributed by atoms with Crippen LogP contribution in [0.5, 0.6) is 0 Å². The second-order valence-corrected chi connectivity index (χ2v) is 7.18. The van der Waals surface area contributed by atoms with E-state index in [-0.39, 0.29) is 0 Å². The SMILES string of the molecule is CSc1cccc2c1C(C)C(N(C)Cc1ccccc1)CC2. The quantitative estimate of drug-likeness (QED) is 0.734. The van der Waals surface area contributed by atoms with E-state index in [2.05, 4.69) is 73.7 Å². The molecule has 2 aromatic rings. The Morgan fingerprint density at radius 1 is 1.09 bits per heavy atom. The maximum absolute atomic E-state index is 2.54. The van der Waals surface area contributed by atoms with Gasteiger partial charge in [0.25, 0.3) is 0 Å². The summed E-state index contributed by atoms with van der Waals surface area (Å²) in [7, 11) is 2.28. The molecule has 0 heterocycles. The molecule has 0 spiro atoms. The highest BCUT2D eigenvalue weighted by Crippen LogP contribution is 2.39. The molecule has 0 radical (unpaired) electrons. The Bertz CT molecular complexity index is 609. The highest BCUT2D eigenvalue weighted by Gasteiger charge is 2.30. The average Bonchev–Trinajstić information content (AvgIpc) is 2.55. The number of fused-ring (bicyclic) bond motifs is 1. The lowest BCUT2D eigenvalue weighted by atomic mass is 9.79. The zero-order chi connectivity index (χ0) is 15.5. The zero-order valence-electron chi connectivity index (χ0n) is 13.8. The van der Waals surface area contributed by atoms with Crippen LogP contribution in [0.4, 0.5) is 0 Å². The first kappa shape index (κ1) is 15.6. The summed E-state index contributed by atoms with van der Waals surface area (Å²) in [6.07, 6.45) is 4.66. The minimum atomic E-state index is 0.598. The molecule has 1 nitrogen and oxygen atoms in total. The van der Waals surface area contributed by atoms with Gasteiger partial charge in [-0.25, -0.2) is 0 Å². The van der Waals surface area contributed by atoms with Crippen molar-refractivity contribution in [2.45, 2.75) is 43.2 Å². The van der Waals surface area contributed by atoms with Gasteiger partial charge in [0, 0.05) is 17.5 Å². The van der Waals surface area contributed by atoms with Crippen LogP contribution in [0.25, 0.3) is 0 Å². The molecule has 0 fully saturated rings. The van der Waals surface area contributed by atoms with Gasteiger partial charge in [0.15, 0.2) is 0 Å². The number of nitrogens with zero attached hydrogens (tertiary/aromatic N) is 1.